The molecule has 0 spiro atoms. The minimum atomic E-state index is -0.271. The van der Waals surface area contributed by atoms with Crippen molar-refractivity contribution in [1.82, 2.24) is 0 Å². The maximum atomic E-state index is 11.2. The van der Waals surface area contributed by atoms with Crippen molar-refractivity contribution >= 4 is 21.9 Å². The summed E-state index contributed by atoms with van der Waals surface area (Å²) in [6, 6.07) is 7.98. The Morgan fingerprint density at radius 3 is 2.75 bits per heavy atom. The molecule has 16 heavy (non-hydrogen) atoms. The first-order chi connectivity index (χ1) is 7.63. The summed E-state index contributed by atoms with van der Waals surface area (Å²) in [4.78, 5) is 11.2. The highest BCUT2D eigenvalue weighted by Crippen LogP contribution is 2.18. The van der Waals surface area contributed by atoms with Crippen molar-refractivity contribution in [3.05, 3.63) is 46.0 Å². The molecule has 0 aliphatic carbocycles. The Bertz CT molecular complexity index is 397. The fraction of sp³-hybridized carbons (Fsp3) is 0.308. The standard InChI is InChI=1S/C13H15BrO2/c1-3-16-13(15)9-10(2)8-11-6-4-5-7-12(11)14/h4-7,9H,3,8H2,1-2H3. The fourth-order valence-electron chi connectivity index (χ4n) is 1.38. The predicted octanol–water partition coefficient (Wildman–Crippen LogP) is 3.50. The molecule has 2 nitrogen and oxygen atoms in total. The van der Waals surface area contributed by atoms with Crippen LogP contribution in [-0.4, -0.2) is 12.6 Å². The van der Waals surface area contributed by atoms with E-state index in [4.69, 9.17) is 4.74 Å². The molecule has 0 saturated carbocycles. The molecular weight excluding hydrogens is 268 g/mol. The maximum Gasteiger partial charge on any atom is 0.330 e. The average Bonchev–Trinajstić information content (AvgIpc) is 2.21. The minimum Gasteiger partial charge on any atom is -0.463 e. The lowest BCUT2D eigenvalue weighted by atomic mass is 10.1. The normalized spacial score (nSPS) is 11.3. The molecule has 0 heterocycles. The lowest BCUT2D eigenvalue weighted by molar-refractivity contribution is -0.137. The van der Waals surface area contributed by atoms with Crippen LogP contribution in [0.4, 0.5) is 0 Å². The molecular formula is C13H15BrO2. The van der Waals surface area contributed by atoms with Gasteiger partial charge >= 0.3 is 5.97 Å². The topological polar surface area (TPSA) is 26.3 Å². The van der Waals surface area contributed by atoms with E-state index in [2.05, 4.69) is 15.9 Å². The van der Waals surface area contributed by atoms with Gasteiger partial charge in [0.05, 0.1) is 6.61 Å². The van der Waals surface area contributed by atoms with Crippen molar-refractivity contribution in [3.63, 3.8) is 0 Å². The minimum absolute atomic E-state index is 0.271. The van der Waals surface area contributed by atoms with E-state index in [-0.39, 0.29) is 5.97 Å². The quantitative estimate of drug-likeness (QED) is 0.624. The Morgan fingerprint density at radius 2 is 2.12 bits per heavy atom. The van der Waals surface area contributed by atoms with Crippen molar-refractivity contribution in [2.45, 2.75) is 20.3 Å². The zero-order chi connectivity index (χ0) is 12.0. The highest BCUT2D eigenvalue weighted by Gasteiger charge is 2.02. The highest BCUT2D eigenvalue weighted by atomic mass is 79.9. The zero-order valence-corrected chi connectivity index (χ0v) is 11.1. The number of hydrogen-bond donors (Lipinski definition) is 0. The molecule has 0 aromatic heterocycles. The van der Waals surface area contributed by atoms with Gasteiger partial charge in [-0.15, -0.1) is 0 Å². The smallest absolute Gasteiger partial charge is 0.330 e. The molecule has 0 atom stereocenters. The number of carbonyl (C=O) groups excluding carboxylic acids is 1. The molecule has 1 aromatic rings. The van der Waals surface area contributed by atoms with Gasteiger partial charge in [0.15, 0.2) is 0 Å². The Morgan fingerprint density at radius 1 is 1.44 bits per heavy atom. The number of rotatable bonds is 4. The van der Waals surface area contributed by atoms with Gasteiger partial charge in [0.1, 0.15) is 0 Å². The van der Waals surface area contributed by atoms with Gasteiger partial charge in [0.25, 0.3) is 0 Å². The van der Waals surface area contributed by atoms with Gasteiger partial charge in [0.2, 0.25) is 0 Å². The number of esters is 1. The van der Waals surface area contributed by atoms with E-state index in [0.29, 0.717) is 6.61 Å². The molecule has 0 saturated heterocycles. The second-order valence-electron chi connectivity index (χ2n) is 3.51. The molecule has 0 aliphatic heterocycles. The summed E-state index contributed by atoms with van der Waals surface area (Å²) in [5, 5.41) is 0. The van der Waals surface area contributed by atoms with E-state index >= 15 is 0 Å². The Labute approximate surface area is 104 Å². The van der Waals surface area contributed by atoms with Crippen LogP contribution >= 0.6 is 15.9 Å². The summed E-state index contributed by atoms with van der Waals surface area (Å²) in [6.07, 6.45) is 2.29. The summed E-state index contributed by atoms with van der Waals surface area (Å²) in [5.74, 6) is -0.271. The van der Waals surface area contributed by atoms with Gasteiger partial charge in [0, 0.05) is 10.5 Å². The molecule has 1 rings (SSSR count). The van der Waals surface area contributed by atoms with Gasteiger partial charge in [-0.2, -0.15) is 0 Å². The molecule has 0 bridgehead atoms. The average molecular weight is 283 g/mol. The molecule has 1 aromatic carbocycles. The fourth-order valence-corrected chi connectivity index (χ4v) is 1.80. The van der Waals surface area contributed by atoms with Gasteiger partial charge in [-0.1, -0.05) is 39.7 Å². The summed E-state index contributed by atoms with van der Waals surface area (Å²) in [6.45, 7) is 4.14. The summed E-state index contributed by atoms with van der Waals surface area (Å²) in [5.41, 5.74) is 2.16. The second-order valence-corrected chi connectivity index (χ2v) is 4.37. The van der Waals surface area contributed by atoms with Crippen molar-refractivity contribution < 1.29 is 9.53 Å². The molecule has 0 amide bonds. The maximum absolute atomic E-state index is 11.2. The Hall–Kier alpha value is -1.09. The SMILES string of the molecule is CCOC(=O)C=C(C)Cc1ccccc1Br. The van der Waals surface area contributed by atoms with E-state index in [1.165, 1.54) is 5.56 Å². The number of carbonyl (C=O) groups is 1. The van der Waals surface area contributed by atoms with Crippen LogP contribution in [0.15, 0.2) is 40.4 Å². The first-order valence-electron chi connectivity index (χ1n) is 5.20. The van der Waals surface area contributed by atoms with Crippen LogP contribution in [0.3, 0.4) is 0 Å². The second kappa shape index (κ2) is 6.48. The van der Waals surface area contributed by atoms with Crippen LogP contribution in [0.5, 0.6) is 0 Å². The van der Waals surface area contributed by atoms with Gasteiger partial charge in [-0.25, -0.2) is 4.79 Å². The van der Waals surface area contributed by atoms with Crippen molar-refractivity contribution in [2.75, 3.05) is 6.61 Å². The lowest BCUT2D eigenvalue weighted by Gasteiger charge is -2.04. The third kappa shape index (κ3) is 4.19. The number of halogens is 1. The van der Waals surface area contributed by atoms with Crippen molar-refractivity contribution in [1.29, 1.82) is 0 Å². The lowest BCUT2D eigenvalue weighted by Crippen LogP contribution is -2.01. The largest absolute Gasteiger partial charge is 0.463 e. The molecule has 0 fully saturated rings. The number of hydrogen-bond acceptors (Lipinski definition) is 2. The number of allylic oxidation sites excluding steroid dienone is 1. The molecule has 3 heteroatoms. The highest BCUT2D eigenvalue weighted by molar-refractivity contribution is 9.10. The number of ether oxygens (including phenoxy) is 1. The summed E-state index contributed by atoms with van der Waals surface area (Å²) >= 11 is 3.48. The molecule has 0 aliphatic rings. The molecule has 86 valence electrons. The Kier molecular flexibility index (Phi) is 5.26. The monoisotopic (exact) mass is 282 g/mol. The third-order valence-electron chi connectivity index (χ3n) is 2.08. The van der Waals surface area contributed by atoms with Crippen LogP contribution in [0.1, 0.15) is 19.4 Å². The van der Waals surface area contributed by atoms with Crippen LogP contribution in [0.25, 0.3) is 0 Å². The Balaban J connectivity index is 2.67. The first-order valence-corrected chi connectivity index (χ1v) is 6.00. The van der Waals surface area contributed by atoms with E-state index in [9.17, 15) is 4.79 Å². The third-order valence-corrected chi connectivity index (χ3v) is 2.85. The van der Waals surface area contributed by atoms with Crippen LogP contribution < -0.4 is 0 Å². The van der Waals surface area contributed by atoms with E-state index < -0.39 is 0 Å². The zero-order valence-electron chi connectivity index (χ0n) is 9.50. The van der Waals surface area contributed by atoms with E-state index in [1.54, 1.807) is 13.0 Å². The van der Waals surface area contributed by atoms with Gasteiger partial charge < -0.3 is 4.74 Å². The molecule has 0 N–H and O–H groups in total. The van der Waals surface area contributed by atoms with Gasteiger partial charge in [-0.3, -0.25) is 0 Å². The van der Waals surface area contributed by atoms with Crippen molar-refractivity contribution in [3.8, 4) is 0 Å². The van der Waals surface area contributed by atoms with Crippen LogP contribution in [-0.2, 0) is 16.0 Å². The molecule has 0 radical (unpaired) electrons. The van der Waals surface area contributed by atoms with E-state index in [0.717, 1.165) is 16.5 Å². The van der Waals surface area contributed by atoms with Crippen LogP contribution in [0, 0.1) is 0 Å². The number of benzene rings is 1. The summed E-state index contributed by atoms with van der Waals surface area (Å²) in [7, 11) is 0. The van der Waals surface area contributed by atoms with Gasteiger partial charge in [-0.05, 0) is 31.9 Å². The van der Waals surface area contributed by atoms with E-state index in [1.807, 2.05) is 31.2 Å². The molecule has 0 unspecified atom stereocenters. The summed E-state index contributed by atoms with van der Waals surface area (Å²) < 4.78 is 5.92. The predicted molar refractivity (Wildman–Crippen MR) is 68.2 cm³/mol. The van der Waals surface area contributed by atoms with Crippen LogP contribution in [0.2, 0.25) is 0 Å². The van der Waals surface area contributed by atoms with Crippen molar-refractivity contribution in [2.24, 2.45) is 0 Å². The first kappa shape index (κ1) is 13.0.